The second-order valence-electron chi connectivity index (χ2n) is 7.92. The topological polar surface area (TPSA) is 26.9 Å². The van der Waals surface area contributed by atoms with Gasteiger partial charge in [0, 0.05) is 18.0 Å². The highest BCUT2D eigenvalue weighted by molar-refractivity contribution is 5.45. The average molecular weight is 314 g/mol. The van der Waals surface area contributed by atoms with Gasteiger partial charge < -0.3 is 0 Å². The number of nitrogens with zero attached hydrogens (tertiary/aromatic N) is 2. The zero-order valence-corrected chi connectivity index (χ0v) is 14.2. The predicted molar refractivity (Wildman–Crippen MR) is 88.3 cm³/mol. The minimum atomic E-state index is -0.259. The van der Waals surface area contributed by atoms with Crippen LogP contribution in [0.15, 0.2) is 29.1 Å². The molecule has 0 radical (unpaired) electrons. The molecule has 0 amide bonds. The Morgan fingerprint density at radius 1 is 1.30 bits per heavy atom. The first-order chi connectivity index (χ1) is 10.8. The van der Waals surface area contributed by atoms with E-state index in [1.165, 1.54) is 17.8 Å². The molecule has 23 heavy (non-hydrogen) atoms. The summed E-state index contributed by atoms with van der Waals surface area (Å²) < 4.78 is 17.2. The normalized spacial score (nSPS) is 27.4. The molecule has 1 heterocycles. The lowest BCUT2D eigenvalue weighted by molar-refractivity contribution is 0.215. The number of benzene rings is 1. The van der Waals surface area contributed by atoms with Crippen LogP contribution in [0, 0.1) is 11.2 Å². The van der Waals surface area contributed by atoms with Crippen molar-refractivity contribution in [2.75, 3.05) is 0 Å². The number of halogens is 1. The van der Waals surface area contributed by atoms with E-state index in [4.69, 9.17) is 0 Å². The van der Waals surface area contributed by atoms with E-state index in [1.54, 1.807) is 10.7 Å². The number of hydrogen-bond donors (Lipinski definition) is 0. The van der Waals surface area contributed by atoms with E-state index in [0.29, 0.717) is 12.5 Å². The Hall–Kier alpha value is -1.84. The zero-order chi connectivity index (χ0) is 16.6. The monoisotopic (exact) mass is 314 g/mol. The Labute approximate surface area is 135 Å². The zero-order valence-electron chi connectivity index (χ0n) is 14.2. The van der Waals surface area contributed by atoms with Gasteiger partial charge in [0.05, 0.1) is 12.2 Å². The van der Waals surface area contributed by atoms with Crippen molar-refractivity contribution >= 4 is 0 Å². The second kappa shape index (κ2) is 4.37. The van der Waals surface area contributed by atoms with Crippen LogP contribution in [0.25, 0.3) is 0 Å². The van der Waals surface area contributed by atoms with Crippen molar-refractivity contribution in [3.63, 3.8) is 0 Å². The molecule has 1 aromatic carbocycles. The van der Waals surface area contributed by atoms with Crippen molar-refractivity contribution in [2.45, 2.75) is 51.5 Å². The van der Waals surface area contributed by atoms with Gasteiger partial charge in [-0.15, -0.1) is 0 Å². The lowest BCUT2D eigenvalue weighted by Gasteiger charge is -2.36. The summed E-state index contributed by atoms with van der Waals surface area (Å²) in [5.74, 6) is 0.0837. The van der Waals surface area contributed by atoms with E-state index < -0.39 is 0 Å². The summed E-state index contributed by atoms with van der Waals surface area (Å²) in [5.41, 5.74) is 3.31. The first-order valence-corrected chi connectivity index (χ1v) is 8.32. The molecular weight excluding hydrogens is 291 g/mol. The maximum atomic E-state index is 13.4. The SMILES string of the molecule is Cn1c2c(c(=O)n1Cc1cccc(F)c1)[C@H]1CC[C@]2(C)C1(C)C. The first kappa shape index (κ1) is 14.7. The molecular formula is C19H23FN2O. The number of aromatic nitrogens is 2. The van der Waals surface area contributed by atoms with Crippen molar-refractivity contribution in [1.82, 2.24) is 9.36 Å². The second-order valence-corrected chi connectivity index (χ2v) is 7.92. The quantitative estimate of drug-likeness (QED) is 0.833. The average Bonchev–Trinajstić information content (AvgIpc) is 2.93. The molecule has 4 heteroatoms. The van der Waals surface area contributed by atoms with Crippen LogP contribution in [0.5, 0.6) is 0 Å². The molecule has 3 nitrogen and oxygen atoms in total. The largest absolute Gasteiger partial charge is 0.289 e. The number of fused-ring (bicyclic) bond motifs is 5. The van der Waals surface area contributed by atoms with E-state index in [-0.39, 0.29) is 22.2 Å². The maximum Gasteiger partial charge on any atom is 0.270 e. The molecule has 2 atom stereocenters. The lowest BCUT2D eigenvalue weighted by atomic mass is 9.70. The molecule has 0 saturated heterocycles. The first-order valence-electron chi connectivity index (χ1n) is 8.32. The fourth-order valence-electron chi connectivity index (χ4n) is 5.06. The molecule has 1 aromatic heterocycles. The Balaban J connectivity index is 1.86. The minimum absolute atomic E-state index is 0.0497. The van der Waals surface area contributed by atoms with Crippen LogP contribution in [0.3, 0.4) is 0 Å². The van der Waals surface area contributed by atoms with Crippen LogP contribution in [-0.4, -0.2) is 9.36 Å². The van der Waals surface area contributed by atoms with Gasteiger partial charge >= 0.3 is 0 Å². The van der Waals surface area contributed by atoms with Crippen LogP contribution in [-0.2, 0) is 19.0 Å². The number of hydrogen-bond acceptors (Lipinski definition) is 1. The van der Waals surface area contributed by atoms with Crippen molar-refractivity contribution in [3.05, 3.63) is 57.3 Å². The standard InChI is InChI=1S/C19H23FN2O/c1-18(2)14-8-9-19(18,3)16-15(14)17(23)22(21(16)4)11-12-6-5-7-13(20)10-12/h5-7,10,14H,8-9,11H2,1-4H3/t14-,19+/m1/s1. The van der Waals surface area contributed by atoms with Gasteiger partial charge in [-0.3, -0.25) is 9.48 Å². The molecule has 2 bridgehead atoms. The molecule has 0 unspecified atom stereocenters. The van der Waals surface area contributed by atoms with Crippen LogP contribution in [0.4, 0.5) is 4.39 Å². The van der Waals surface area contributed by atoms with Gasteiger partial charge in [0.1, 0.15) is 5.82 Å². The third-order valence-corrected chi connectivity index (χ3v) is 6.72. The molecule has 0 spiro atoms. The van der Waals surface area contributed by atoms with E-state index >= 15 is 0 Å². The Bertz CT molecular complexity index is 861. The van der Waals surface area contributed by atoms with Crippen LogP contribution in [0.2, 0.25) is 0 Å². The molecule has 0 aliphatic heterocycles. The lowest BCUT2D eigenvalue weighted by Crippen LogP contribution is -2.35. The fourth-order valence-corrected chi connectivity index (χ4v) is 5.06. The van der Waals surface area contributed by atoms with E-state index in [1.807, 2.05) is 17.8 Å². The molecule has 4 rings (SSSR count). The molecule has 1 fully saturated rings. The summed E-state index contributed by atoms with van der Waals surface area (Å²) in [7, 11) is 1.97. The summed E-state index contributed by atoms with van der Waals surface area (Å²) in [6, 6.07) is 6.50. The van der Waals surface area contributed by atoms with E-state index in [9.17, 15) is 9.18 Å². The third-order valence-electron chi connectivity index (χ3n) is 6.72. The molecule has 2 aliphatic rings. The molecule has 2 aliphatic carbocycles. The van der Waals surface area contributed by atoms with Crippen molar-refractivity contribution in [2.24, 2.45) is 12.5 Å². The van der Waals surface area contributed by atoms with Crippen LogP contribution >= 0.6 is 0 Å². The van der Waals surface area contributed by atoms with Gasteiger partial charge in [-0.1, -0.05) is 32.9 Å². The Morgan fingerprint density at radius 2 is 2.04 bits per heavy atom. The fraction of sp³-hybridized carbons (Fsp3) is 0.526. The van der Waals surface area contributed by atoms with Crippen LogP contribution < -0.4 is 5.56 Å². The molecule has 0 N–H and O–H groups in total. The highest BCUT2D eigenvalue weighted by Crippen LogP contribution is 2.66. The number of rotatable bonds is 2. The van der Waals surface area contributed by atoms with Gasteiger partial charge in [-0.25, -0.2) is 9.07 Å². The Kier molecular flexibility index (Phi) is 2.80. The van der Waals surface area contributed by atoms with Gasteiger partial charge in [0.25, 0.3) is 5.56 Å². The molecule has 122 valence electrons. The van der Waals surface area contributed by atoms with Crippen molar-refractivity contribution in [3.8, 4) is 0 Å². The summed E-state index contributed by atoms with van der Waals surface area (Å²) >= 11 is 0. The van der Waals surface area contributed by atoms with E-state index in [0.717, 1.165) is 24.0 Å². The van der Waals surface area contributed by atoms with Crippen LogP contribution in [0.1, 0.15) is 56.4 Å². The highest BCUT2D eigenvalue weighted by Gasteiger charge is 2.62. The summed E-state index contributed by atoms with van der Waals surface area (Å²) in [6.45, 7) is 7.30. The predicted octanol–water partition coefficient (Wildman–Crippen LogP) is 3.55. The smallest absolute Gasteiger partial charge is 0.270 e. The summed E-state index contributed by atoms with van der Waals surface area (Å²) in [4.78, 5) is 13.0. The molecule has 2 aromatic rings. The van der Waals surface area contributed by atoms with E-state index in [2.05, 4.69) is 20.8 Å². The summed E-state index contributed by atoms with van der Waals surface area (Å²) in [6.07, 6.45) is 2.23. The van der Waals surface area contributed by atoms with Gasteiger partial charge in [-0.2, -0.15) is 0 Å². The Morgan fingerprint density at radius 3 is 2.70 bits per heavy atom. The summed E-state index contributed by atoms with van der Waals surface area (Å²) in [5, 5.41) is 0. The van der Waals surface area contributed by atoms with Crippen molar-refractivity contribution in [1.29, 1.82) is 0 Å². The van der Waals surface area contributed by atoms with Gasteiger partial charge in [0.15, 0.2) is 0 Å². The van der Waals surface area contributed by atoms with Crippen molar-refractivity contribution < 1.29 is 4.39 Å². The van der Waals surface area contributed by atoms with Gasteiger partial charge in [0.2, 0.25) is 0 Å². The molecule has 1 saturated carbocycles. The third kappa shape index (κ3) is 1.67. The minimum Gasteiger partial charge on any atom is -0.289 e. The maximum absolute atomic E-state index is 13.4. The van der Waals surface area contributed by atoms with Gasteiger partial charge in [-0.05, 0) is 41.9 Å². The highest BCUT2D eigenvalue weighted by atomic mass is 19.1.